The molecule has 0 aromatic heterocycles. The van der Waals surface area contributed by atoms with Crippen LogP contribution in [0.15, 0.2) is 30.3 Å². The zero-order valence-electron chi connectivity index (χ0n) is 12.6. The van der Waals surface area contributed by atoms with Crippen LogP contribution < -0.4 is 4.90 Å². The van der Waals surface area contributed by atoms with E-state index in [1.165, 1.54) is 4.90 Å². The van der Waals surface area contributed by atoms with Gasteiger partial charge in [-0.05, 0) is 37.2 Å². The molecule has 0 spiro atoms. The Hall–Kier alpha value is -1.99. The molecule has 23 heavy (non-hydrogen) atoms. The smallest absolute Gasteiger partial charge is 0.305 e. The Morgan fingerprint density at radius 1 is 1.35 bits per heavy atom. The maximum absolute atomic E-state index is 12.7. The predicted molar refractivity (Wildman–Crippen MR) is 88.2 cm³/mol. The summed E-state index contributed by atoms with van der Waals surface area (Å²) in [5.41, 5.74) is 0.660. The molecule has 2 aliphatic rings. The fraction of sp³-hybridized carbons (Fsp3) is 0.438. The molecular weight excluding hydrogens is 316 g/mol. The van der Waals surface area contributed by atoms with Crippen molar-refractivity contribution in [2.75, 3.05) is 18.1 Å². The molecule has 0 aliphatic carbocycles. The molecule has 1 aromatic carbocycles. The van der Waals surface area contributed by atoms with E-state index in [9.17, 15) is 9.59 Å². The van der Waals surface area contributed by atoms with Gasteiger partial charge in [0.15, 0.2) is 5.11 Å². The molecular formula is C16H18N2O4S. The molecule has 1 N–H and O–H groups in total. The van der Waals surface area contributed by atoms with Gasteiger partial charge in [-0.1, -0.05) is 18.2 Å². The molecule has 1 amide bonds. The van der Waals surface area contributed by atoms with Crippen LogP contribution in [0.1, 0.15) is 19.3 Å². The lowest BCUT2D eigenvalue weighted by molar-refractivity contribution is -0.140. The first-order valence-electron chi connectivity index (χ1n) is 7.61. The van der Waals surface area contributed by atoms with Crippen molar-refractivity contribution in [2.45, 2.75) is 31.4 Å². The van der Waals surface area contributed by atoms with Crippen molar-refractivity contribution in [3.05, 3.63) is 30.3 Å². The molecule has 3 rings (SSSR count). The van der Waals surface area contributed by atoms with E-state index in [0.29, 0.717) is 24.0 Å². The van der Waals surface area contributed by atoms with Crippen LogP contribution in [0.2, 0.25) is 0 Å². The minimum atomic E-state index is -1.02. The molecule has 6 nitrogen and oxygen atoms in total. The highest BCUT2D eigenvalue weighted by molar-refractivity contribution is 7.80. The van der Waals surface area contributed by atoms with E-state index in [2.05, 4.69) is 0 Å². The lowest BCUT2D eigenvalue weighted by Gasteiger charge is -2.25. The summed E-state index contributed by atoms with van der Waals surface area (Å²) >= 11 is 5.47. The number of hydrogen-bond acceptors (Lipinski definition) is 4. The molecule has 2 aliphatic heterocycles. The van der Waals surface area contributed by atoms with Crippen LogP contribution in [0.4, 0.5) is 5.69 Å². The number of amides is 1. The van der Waals surface area contributed by atoms with Crippen molar-refractivity contribution in [3.8, 4) is 0 Å². The highest BCUT2D eigenvalue weighted by Crippen LogP contribution is 2.28. The maximum Gasteiger partial charge on any atom is 0.305 e. The summed E-state index contributed by atoms with van der Waals surface area (Å²) in [6, 6.07) is 8.30. The van der Waals surface area contributed by atoms with Crippen molar-refractivity contribution in [1.29, 1.82) is 0 Å². The third-order valence-electron chi connectivity index (χ3n) is 4.13. The zero-order chi connectivity index (χ0) is 16.4. The van der Waals surface area contributed by atoms with Crippen LogP contribution in [-0.2, 0) is 14.3 Å². The third-order valence-corrected chi connectivity index (χ3v) is 4.54. The Bertz CT molecular complexity index is 616. The Morgan fingerprint density at radius 3 is 2.70 bits per heavy atom. The fourth-order valence-electron chi connectivity index (χ4n) is 3.03. The van der Waals surface area contributed by atoms with Gasteiger partial charge in [0.2, 0.25) is 0 Å². The number of para-hydroxylation sites is 1. The number of thiocarbonyl (C=S) groups is 1. The molecule has 7 heteroatoms. The number of hydrogen-bond donors (Lipinski definition) is 1. The highest BCUT2D eigenvalue weighted by Gasteiger charge is 2.45. The fourth-order valence-corrected chi connectivity index (χ4v) is 3.43. The number of ether oxygens (including phenoxy) is 1. The van der Waals surface area contributed by atoms with Crippen LogP contribution in [0, 0.1) is 0 Å². The lowest BCUT2D eigenvalue weighted by atomic mass is 10.1. The number of aliphatic carboxylic acids is 1. The quantitative estimate of drug-likeness (QED) is 0.826. The number of carboxylic acid groups (broad SMARTS) is 1. The van der Waals surface area contributed by atoms with Gasteiger partial charge in [-0.2, -0.15) is 0 Å². The molecule has 122 valence electrons. The van der Waals surface area contributed by atoms with Gasteiger partial charge in [0, 0.05) is 13.2 Å². The second kappa shape index (κ2) is 6.64. The lowest BCUT2D eigenvalue weighted by Crippen LogP contribution is -2.41. The van der Waals surface area contributed by atoms with Gasteiger partial charge >= 0.3 is 5.97 Å². The minimum Gasteiger partial charge on any atom is -0.481 e. The molecule has 0 radical (unpaired) electrons. The van der Waals surface area contributed by atoms with Crippen LogP contribution in [0.25, 0.3) is 0 Å². The van der Waals surface area contributed by atoms with Gasteiger partial charge in [0.25, 0.3) is 5.91 Å². The van der Waals surface area contributed by atoms with Crippen molar-refractivity contribution in [1.82, 2.24) is 4.90 Å². The van der Waals surface area contributed by atoms with Crippen LogP contribution in [0.3, 0.4) is 0 Å². The number of carboxylic acids is 1. The monoisotopic (exact) mass is 334 g/mol. The molecule has 0 bridgehead atoms. The molecule has 2 fully saturated rings. The predicted octanol–water partition coefficient (Wildman–Crippen LogP) is 1.64. The van der Waals surface area contributed by atoms with E-state index < -0.39 is 12.0 Å². The van der Waals surface area contributed by atoms with E-state index in [4.69, 9.17) is 22.1 Å². The van der Waals surface area contributed by atoms with E-state index in [1.807, 2.05) is 18.2 Å². The van der Waals surface area contributed by atoms with E-state index in [0.717, 1.165) is 12.8 Å². The number of nitrogens with zero attached hydrogens (tertiary/aromatic N) is 2. The standard InChI is InChI=1S/C16H18N2O4S/c19-14(20)9-13-15(21)18(11-5-2-1-3-6-11)16(23)17(13)10-12-7-4-8-22-12/h1-3,5-6,12-13H,4,7-10H2,(H,19,20). The average Bonchev–Trinajstić information content (AvgIpc) is 3.11. The number of anilines is 1. The minimum absolute atomic E-state index is 0.00670. The van der Waals surface area contributed by atoms with Crippen LogP contribution >= 0.6 is 12.2 Å². The molecule has 2 unspecified atom stereocenters. The Labute approximate surface area is 139 Å². The van der Waals surface area contributed by atoms with E-state index in [1.54, 1.807) is 17.0 Å². The number of rotatable bonds is 5. The summed E-state index contributed by atoms with van der Waals surface area (Å²) in [6.45, 7) is 1.15. The van der Waals surface area contributed by atoms with Crippen molar-refractivity contribution in [2.24, 2.45) is 0 Å². The van der Waals surface area contributed by atoms with E-state index in [-0.39, 0.29) is 18.4 Å². The first-order valence-corrected chi connectivity index (χ1v) is 8.02. The normalized spacial score (nSPS) is 24.5. The van der Waals surface area contributed by atoms with Crippen molar-refractivity contribution >= 4 is 34.9 Å². The summed E-state index contributed by atoms with van der Waals surface area (Å²) in [4.78, 5) is 27.0. The molecule has 1 aromatic rings. The van der Waals surface area contributed by atoms with Gasteiger partial charge in [0.1, 0.15) is 6.04 Å². The summed E-state index contributed by atoms with van der Waals surface area (Å²) in [6.07, 6.45) is 1.60. The summed E-state index contributed by atoms with van der Waals surface area (Å²) in [7, 11) is 0. The SMILES string of the molecule is O=C(O)CC1C(=O)N(c2ccccc2)C(=S)N1CC1CCCO1. The first-order chi connectivity index (χ1) is 11.1. The van der Waals surface area contributed by atoms with E-state index >= 15 is 0 Å². The molecule has 2 atom stereocenters. The Morgan fingerprint density at radius 2 is 2.09 bits per heavy atom. The number of benzene rings is 1. The van der Waals surface area contributed by atoms with Crippen LogP contribution in [0.5, 0.6) is 0 Å². The second-order valence-electron chi connectivity index (χ2n) is 5.69. The number of carbonyl (C=O) groups excluding carboxylic acids is 1. The van der Waals surface area contributed by atoms with Gasteiger partial charge < -0.3 is 14.7 Å². The summed E-state index contributed by atoms with van der Waals surface area (Å²) in [5, 5.41) is 9.49. The average molecular weight is 334 g/mol. The molecule has 2 saturated heterocycles. The van der Waals surface area contributed by atoms with Gasteiger partial charge in [0.05, 0.1) is 18.2 Å². The second-order valence-corrected chi connectivity index (χ2v) is 6.06. The van der Waals surface area contributed by atoms with Gasteiger partial charge in [-0.3, -0.25) is 14.5 Å². The molecule has 2 heterocycles. The number of carbonyl (C=O) groups is 2. The van der Waals surface area contributed by atoms with Gasteiger partial charge in [-0.15, -0.1) is 0 Å². The van der Waals surface area contributed by atoms with Crippen LogP contribution in [-0.4, -0.2) is 52.3 Å². The van der Waals surface area contributed by atoms with Gasteiger partial charge in [-0.25, -0.2) is 0 Å². The van der Waals surface area contributed by atoms with Crippen molar-refractivity contribution in [3.63, 3.8) is 0 Å². The van der Waals surface area contributed by atoms with Crippen molar-refractivity contribution < 1.29 is 19.4 Å². The highest BCUT2D eigenvalue weighted by atomic mass is 32.1. The largest absolute Gasteiger partial charge is 0.481 e. The topological polar surface area (TPSA) is 70.1 Å². The molecule has 0 saturated carbocycles. The Kier molecular flexibility index (Phi) is 4.58. The third kappa shape index (κ3) is 3.20. The maximum atomic E-state index is 12.7. The summed E-state index contributed by atoms with van der Waals surface area (Å²) < 4.78 is 5.61. The Balaban J connectivity index is 1.87. The first kappa shape index (κ1) is 15.9. The summed E-state index contributed by atoms with van der Waals surface area (Å²) in [5.74, 6) is -1.31. The zero-order valence-corrected chi connectivity index (χ0v) is 13.4.